The maximum absolute atomic E-state index is 12.5. The van der Waals surface area contributed by atoms with Crippen molar-refractivity contribution in [2.24, 2.45) is 5.73 Å². The Morgan fingerprint density at radius 2 is 2.16 bits per heavy atom. The molecular weight excluding hydrogens is 262 g/mol. The number of rotatable bonds is 4. The third-order valence-corrected chi connectivity index (χ3v) is 4.00. The Labute approximate surface area is 119 Å². The van der Waals surface area contributed by atoms with Crippen LogP contribution in [0.1, 0.15) is 49.5 Å². The molecule has 4 nitrogen and oxygen atoms in total. The molecule has 0 saturated heterocycles. The molecule has 5 heteroatoms. The lowest BCUT2D eigenvalue weighted by molar-refractivity contribution is 0.0621. The fraction of sp³-hybridized carbons (Fsp3) is 0.643. The predicted molar refractivity (Wildman–Crippen MR) is 77.4 cm³/mol. The van der Waals surface area contributed by atoms with E-state index >= 15 is 0 Å². The van der Waals surface area contributed by atoms with E-state index in [1.165, 1.54) is 0 Å². The second kappa shape index (κ2) is 6.44. The number of aromatic nitrogens is 1. The number of H-pyrrole nitrogens is 1. The highest BCUT2D eigenvalue weighted by Gasteiger charge is 2.28. The molecule has 3 N–H and O–H groups in total. The zero-order valence-corrected chi connectivity index (χ0v) is 12.1. The second-order valence-electron chi connectivity index (χ2n) is 5.30. The predicted octanol–water partition coefficient (Wildman–Crippen LogP) is 2.79. The third-order valence-electron chi connectivity index (χ3n) is 3.79. The van der Waals surface area contributed by atoms with Crippen molar-refractivity contribution in [3.05, 3.63) is 23.0 Å². The molecule has 1 amide bonds. The Kier molecular flexibility index (Phi) is 4.88. The number of halogens is 1. The summed E-state index contributed by atoms with van der Waals surface area (Å²) in [5, 5.41) is 0.575. The van der Waals surface area contributed by atoms with Gasteiger partial charge in [0.15, 0.2) is 0 Å². The summed E-state index contributed by atoms with van der Waals surface area (Å²) < 4.78 is 0. The summed E-state index contributed by atoms with van der Waals surface area (Å²) in [4.78, 5) is 17.5. The third kappa shape index (κ3) is 3.51. The molecule has 1 heterocycles. The van der Waals surface area contributed by atoms with Crippen LogP contribution < -0.4 is 5.73 Å². The summed E-state index contributed by atoms with van der Waals surface area (Å²) in [7, 11) is 0. The Morgan fingerprint density at radius 1 is 1.47 bits per heavy atom. The Balaban J connectivity index is 2.08. The van der Waals surface area contributed by atoms with Crippen molar-refractivity contribution in [2.45, 2.75) is 51.1 Å². The van der Waals surface area contributed by atoms with Gasteiger partial charge < -0.3 is 15.6 Å². The molecule has 1 aromatic rings. The minimum Gasteiger partial charge on any atom is -0.356 e. The number of hydrogen-bond acceptors (Lipinski definition) is 2. The largest absolute Gasteiger partial charge is 0.356 e. The summed E-state index contributed by atoms with van der Waals surface area (Å²) in [6.07, 6.45) is 6.62. The lowest BCUT2D eigenvalue weighted by Crippen LogP contribution is -2.44. The van der Waals surface area contributed by atoms with E-state index < -0.39 is 0 Å². The van der Waals surface area contributed by atoms with Gasteiger partial charge in [0, 0.05) is 24.8 Å². The number of aromatic amines is 1. The fourth-order valence-corrected chi connectivity index (χ4v) is 2.91. The van der Waals surface area contributed by atoms with Gasteiger partial charge in [-0.25, -0.2) is 0 Å². The molecule has 1 aliphatic carbocycles. The monoisotopic (exact) mass is 283 g/mol. The molecule has 0 aliphatic heterocycles. The van der Waals surface area contributed by atoms with E-state index in [9.17, 15) is 4.79 Å². The van der Waals surface area contributed by atoms with E-state index in [0.29, 0.717) is 22.8 Å². The van der Waals surface area contributed by atoms with Crippen molar-refractivity contribution < 1.29 is 4.79 Å². The maximum Gasteiger partial charge on any atom is 0.270 e. The van der Waals surface area contributed by atoms with Crippen molar-refractivity contribution in [1.82, 2.24) is 9.88 Å². The molecule has 0 bridgehead atoms. The average molecular weight is 284 g/mol. The molecule has 0 unspecified atom stereocenters. The van der Waals surface area contributed by atoms with E-state index in [4.69, 9.17) is 17.3 Å². The van der Waals surface area contributed by atoms with Crippen molar-refractivity contribution in [3.8, 4) is 0 Å². The molecule has 1 aromatic heterocycles. The highest BCUT2D eigenvalue weighted by atomic mass is 35.5. The lowest BCUT2D eigenvalue weighted by Gasteiger charge is -2.35. The van der Waals surface area contributed by atoms with Gasteiger partial charge in [-0.15, -0.1) is 0 Å². The second-order valence-corrected chi connectivity index (χ2v) is 5.74. The number of amides is 1. The molecule has 19 heavy (non-hydrogen) atoms. The van der Waals surface area contributed by atoms with E-state index in [2.05, 4.69) is 11.9 Å². The standard InChI is InChI=1S/C14H22ClN3O/c1-2-7-18(12-5-3-11(16)4-6-12)14(19)13-8-10(15)9-17-13/h8-9,11-12,17H,2-7,16H2,1H3. The number of nitrogens with one attached hydrogen (secondary N) is 1. The molecule has 1 aliphatic rings. The normalized spacial score (nSPS) is 23.3. The van der Waals surface area contributed by atoms with Crippen LogP contribution >= 0.6 is 11.6 Å². The molecular formula is C14H22ClN3O. The van der Waals surface area contributed by atoms with Crippen LogP contribution in [0, 0.1) is 0 Å². The van der Waals surface area contributed by atoms with Crippen LogP contribution in [0.25, 0.3) is 0 Å². The van der Waals surface area contributed by atoms with Gasteiger partial charge in [-0.2, -0.15) is 0 Å². The van der Waals surface area contributed by atoms with Crippen LogP contribution in [-0.2, 0) is 0 Å². The minimum atomic E-state index is 0.0502. The van der Waals surface area contributed by atoms with Crippen molar-refractivity contribution in [2.75, 3.05) is 6.54 Å². The van der Waals surface area contributed by atoms with Crippen molar-refractivity contribution >= 4 is 17.5 Å². The summed E-state index contributed by atoms with van der Waals surface area (Å²) >= 11 is 5.87. The van der Waals surface area contributed by atoms with Crippen LogP contribution in [0.4, 0.5) is 0 Å². The zero-order valence-electron chi connectivity index (χ0n) is 11.4. The van der Waals surface area contributed by atoms with Gasteiger partial charge in [0.25, 0.3) is 5.91 Å². The quantitative estimate of drug-likeness (QED) is 0.892. The molecule has 0 atom stereocenters. The SMILES string of the molecule is CCCN(C(=O)c1cc(Cl)c[nH]1)C1CCC(N)CC1. The highest BCUT2D eigenvalue weighted by Crippen LogP contribution is 2.24. The smallest absolute Gasteiger partial charge is 0.270 e. The van der Waals surface area contributed by atoms with Crippen molar-refractivity contribution in [3.63, 3.8) is 0 Å². The Morgan fingerprint density at radius 3 is 2.68 bits per heavy atom. The van der Waals surface area contributed by atoms with E-state index in [1.54, 1.807) is 12.3 Å². The molecule has 2 rings (SSSR count). The first-order valence-electron chi connectivity index (χ1n) is 7.02. The lowest BCUT2D eigenvalue weighted by atomic mass is 9.90. The topological polar surface area (TPSA) is 62.1 Å². The minimum absolute atomic E-state index is 0.0502. The van der Waals surface area contributed by atoms with Gasteiger partial charge in [0.2, 0.25) is 0 Å². The maximum atomic E-state index is 12.5. The highest BCUT2D eigenvalue weighted by molar-refractivity contribution is 6.30. The fourth-order valence-electron chi connectivity index (χ4n) is 2.75. The van der Waals surface area contributed by atoms with Gasteiger partial charge >= 0.3 is 0 Å². The molecule has 0 spiro atoms. The number of carbonyl (C=O) groups is 1. The summed E-state index contributed by atoms with van der Waals surface area (Å²) in [6, 6.07) is 2.31. The zero-order chi connectivity index (χ0) is 13.8. The number of carbonyl (C=O) groups excluding carboxylic acids is 1. The summed E-state index contributed by atoms with van der Waals surface area (Å²) in [5.74, 6) is 0.0502. The van der Waals surface area contributed by atoms with Gasteiger partial charge in [-0.05, 0) is 38.2 Å². The molecule has 1 saturated carbocycles. The molecule has 106 valence electrons. The number of nitrogens with two attached hydrogens (primary N) is 1. The molecule has 0 radical (unpaired) electrons. The first-order valence-corrected chi connectivity index (χ1v) is 7.40. The first-order chi connectivity index (χ1) is 9.11. The van der Waals surface area contributed by atoms with E-state index in [1.807, 2.05) is 4.90 Å². The first kappa shape index (κ1) is 14.4. The van der Waals surface area contributed by atoms with E-state index in [-0.39, 0.29) is 5.91 Å². The number of hydrogen-bond donors (Lipinski definition) is 2. The van der Waals surface area contributed by atoms with Crippen LogP contribution in [0.2, 0.25) is 5.02 Å². The van der Waals surface area contributed by atoms with Gasteiger partial charge in [0.1, 0.15) is 5.69 Å². The van der Waals surface area contributed by atoms with Crippen LogP contribution in [0.3, 0.4) is 0 Å². The van der Waals surface area contributed by atoms with Crippen LogP contribution in [0.15, 0.2) is 12.3 Å². The van der Waals surface area contributed by atoms with Crippen molar-refractivity contribution in [1.29, 1.82) is 0 Å². The van der Waals surface area contributed by atoms with E-state index in [0.717, 1.165) is 38.6 Å². The van der Waals surface area contributed by atoms with Gasteiger partial charge in [-0.1, -0.05) is 18.5 Å². The Bertz CT molecular complexity index is 424. The van der Waals surface area contributed by atoms with Crippen LogP contribution in [0.5, 0.6) is 0 Å². The summed E-state index contributed by atoms with van der Waals surface area (Å²) in [5.41, 5.74) is 6.51. The molecule has 0 aromatic carbocycles. The van der Waals surface area contributed by atoms with Gasteiger partial charge in [-0.3, -0.25) is 4.79 Å². The molecule has 1 fully saturated rings. The van der Waals surface area contributed by atoms with Gasteiger partial charge in [0.05, 0.1) is 5.02 Å². The van der Waals surface area contributed by atoms with Crippen LogP contribution in [-0.4, -0.2) is 34.4 Å². The summed E-state index contributed by atoms with van der Waals surface area (Å²) in [6.45, 7) is 2.88. The number of nitrogens with zero attached hydrogens (tertiary/aromatic N) is 1. The average Bonchev–Trinajstić information content (AvgIpc) is 2.83. The Hall–Kier alpha value is -1.00.